The molecule has 0 aliphatic rings. The summed E-state index contributed by atoms with van der Waals surface area (Å²) in [5.74, 6) is -0.580. The monoisotopic (exact) mass is 134 g/mol. The van der Waals surface area contributed by atoms with E-state index in [0.29, 0.717) is 0 Å². The minimum absolute atomic E-state index is 0.216. The minimum atomic E-state index is -4.16. The van der Waals surface area contributed by atoms with Crippen LogP contribution in [0.2, 0.25) is 0 Å². The maximum absolute atomic E-state index is 9.68. The smallest absolute Gasteiger partial charge is 0.198 e. The molecule has 0 aromatic rings. The second-order valence-corrected chi connectivity index (χ2v) is 2.69. The molecule has 0 unspecified atom stereocenters. The van der Waals surface area contributed by atoms with Crippen molar-refractivity contribution in [2.75, 3.05) is 5.75 Å². The summed E-state index contributed by atoms with van der Waals surface area (Å²) in [6, 6.07) is 1.55. The quantitative estimate of drug-likeness (QED) is 0.518. The van der Waals surface area contributed by atoms with Gasteiger partial charge in [-0.3, -0.25) is 0 Å². The average Bonchev–Trinajstić information content (AvgIpc) is 1.59. The third-order valence-electron chi connectivity index (χ3n) is 0.464. The molecule has 0 aliphatic heterocycles. The molecule has 0 spiro atoms. The van der Waals surface area contributed by atoms with Crippen LogP contribution in [0.4, 0.5) is 0 Å². The third-order valence-corrected chi connectivity index (χ3v) is 1.17. The molecule has 0 rings (SSSR count). The van der Waals surface area contributed by atoms with Crippen molar-refractivity contribution in [2.24, 2.45) is 0 Å². The Bertz CT molecular complexity index is 187. The second-order valence-electron chi connectivity index (χ2n) is 1.17. The molecule has 1 radical (unpaired) electrons. The lowest BCUT2D eigenvalue weighted by atomic mass is 10.6. The summed E-state index contributed by atoms with van der Waals surface area (Å²) in [6.45, 7) is 0. The van der Waals surface area contributed by atoms with Gasteiger partial charge in [0.25, 0.3) is 10.1 Å². The zero-order valence-corrected chi connectivity index (χ0v) is 4.81. The highest BCUT2D eigenvalue weighted by Crippen LogP contribution is 1.85. The molecule has 8 heavy (non-hydrogen) atoms. The van der Waals surface area contributed by atoms with Crippen LogP contribution in [-0.4, -0.2) is 14.2 Å². The van der Waals surface area contributed by atoms with Gasteiger partial charge < -0.3 is 0 Å². The van der Waals surface area contributed by atoms with E-state index in [1.54, 1.807) is 6.07 Å². The molecule has 0 heterocycles. The molecule has 0 aromatic carbocycles. The standard InChI is InChI=1S/C3H4NO3S/c4-2-1-3-8(5,6)7/h1,3H2. The number of hydrogen-bond acceptors (Lipinski definition) is 3. The fraction of sp³-hybridized carbons (Fsp3) is 0.667. The lowest BCUT2D eigenvalue weighted by Gasteiger charge is -1.81. The molecular formula is C3H4NO3S. The summed E-state index contributed by atoms with van der Waals surface area (Å²) < 4.78 is 29.1. The molecule has 0 saturated heterocycles. The Morgan fingerprint density at radius 3 is 2.12 bits per heavy atom. The Kier molecular flexibility index (Phi) is 2.45. The van der Waals surface area contributed by atoms with Gasteiger partial charge in [-0.15, -0.1) is 0 Å². The van der Waals surface area contributed by atoms with Gasteiger partial charge in [-0.2, -0.15) is 13.7 Å². The average molecular weight is 134 g/mol. The summed E-state index contributed by atoms with van der Waals surface area (Å²) >= 11 is 0. The number of nitriles is 1. The molecule has 45 valence electrons. The van der Waals surface area contributed by atoms with Gasteiger partial charge in [0.15, 0.2) is 0 Å². The zero-order valence-electron chi connectivity index (χ0n) is 3.99. The largest absolute Gasteiger partial charge is 0.295 e. The first-order chi connectivity index (χ1) is 3.56. The first-order valence-electron chi connectivity index (χ1n) is 1.87. The molecular weight excluding hydrogens is 130 g/mol. The Morgan fingerprint density at radius 2 is 2.00 bits per heavy atom. The Hall–Kier alpha value is -0.600. The molecule has 0 saturated carbocycles. The summed E-state index contributed by atoms with van der Waals surface area (Å²) in [5, 5.41) is 7.78. The number of hydrogen-bond donors (Lipinski definition) is 0. The van der Waals surface area contributed by atoms with Crippen LogP contribution >= 0.6 is 0 Å². The van der Waals surface area contributed by atoms with Crippen molar-refractivity contribution in [2.45, 2.75) is 6.42 Å². The van der Waals surface area contributed by atoms with Crippen molar-refractivity contribution in [3.8, 4) is 6.07 Å². The van der Waals surface area contributed by atoms with Gasteiger partial charge >= 0.3 is 0 Å². The van der Waals surface area contributed by atoms with Crippen LogP contribution in [0, 0.1) is 11.3 Å². The third kappa shape index (κ3) is 5.40. The van der Waals surface area contributed by atoms with Gasteiger partial charge in [-0.25, -0.2) is 0 Å². The molecule has 0 aliphatic carbocycles. The first kappa shape index (κ1) is 7.40. The van der Waals surface area contributed by atoms with E-state index >= 15 is 0 Å². The minimum Gasteiger partial charge on any atom is -0.198 e. The molecule has 0 N–H and O–H groups in total. The second kappa shape index (κ2) is 2.64. The molecule has 0 fully saturated rings. The van der Waals surface area contributed by atoms with E-state index in [1.165, 1.54) is 0 Å². The lowest BCUT2D eigenvalue weighted by molar-refractivity contribution is 0.414. The van der Waals surface area contributed by atoms with Gasteiger partial charge in [-0.05, 0) is 0 Å². The maximum Gasteiger partial charge on any atom is 0.295 e. The molecule has 0 aromatic heterocycles. The summed E-state index contributed by atoms with van der Waals surface area (Å²) in [7, 11) is -4.16. The van der Waals surface area contributed by atoms with Crippen molar-refractivity contribution >= 4 is 10.1 Å². The van der Waals surface area contributed by atoms with Gasteiger partial charge in [-0.1, -0.05) is 4.55 Å². The van der Waals surface area contributed by atoms with Crippen LogP contribution in [-0.2, 0) is 14.7 Å². The van der Waals surface area contributed by atoms with Crippen LogP contribution in [0.1, 0.15) is 6.42 Å². The normalized spacial score (nSPS) is 10.5. The van der Waals surface area contributed by atoms with Crippen LogP contribution in [0.15, 0.2) is 0 Å². The summed E-state index contributed by atoms with van der Waals surface area (Å²) in [4.78, 5) is 0. The number of nitrogens with zero attached hydrogens (tertiary/aromatic N) is 1. The van der Waals surface area contributed by atoms with Crippen molar-refractivity contribution in [3.63, 3.8) is 0 Å². The van der Waals surface area contributed by atoms with Crippen molar-refractivity contribution in [3.05, 3.63) is 0 Å². The van der Waals surface area contributed by atoms with Crippen LogP contribution in [0.3, 0.4) is 0 Å². The fourth-order valence-electron chi connectivity index (χ4n) is 0.171. The van der Waals surface area contributed by atoms with E-state index in [2.05, 4.69) is 0 Å². The predicted octanol–water partition coefficient (Wildman–Crippen LogP) is -0.340. The number of rotatable bonds is 2. The predicted molar refractivity (Wildman–Crippen MR) is 24.7 cm³/mol. The van der Waals surface area contributed by atoms with Crippen molar-refractivity contribution in [1.82, 2.24) is 0 Å². The van der Waals surface area contributed by atoms with Crippen molar-refractivity contribution < 1.29 is 13.0 Å². The van der Waals surface area contributed by atoms with Crippen LogP contribution < -0.4 is 0 Å². The lowest BCUT2D eigenvalue weighted by Crippen LogP contribution is -1.99. The highest BCUT2D eigenvalue weighted by Gasteiger charge is 2.03. The van der Waals surface area contributed by atoms with Gasteiger partial charge in [0, 0.05) is 0 Å². The Labute approximate surface area is 47.5 Å². The van der Waals surface area contributed by atoms with Gasteiger partial charge in [0.2, 0.25) is 0 Å². The molecule has 0 bridgehead atoms. The highest BCUT2D eigenvalue weighted by atomic mass is 32.2. The zero-order chi connectivity index (χ0) is 6.62. The van der Waals surface area contributed by atoms with Crippen LogP contribution in [0.25, 0.3) is 0 Å². The highest BCUT2D eigenvalue weighted by molar-refractivity contribution is 7.85. The maximum atomic E-state index is 9.68. The van der Waals surface area contributed by atoms with E-state index in [-0.39, 0.29) is 6.42 Å². The van der Waals surface area contributed by atoms with Crippen LogP contribution in [0.5, 0.6) is 0 Å². The SMILES string of the molecule is N#CCCS([O])(=O)=O. The van der Waals surface area contributed by atoms with E-state index < -0.39 is 15.9 Å². The molecule has 5 heteroatoms. The van der Waals surface area contributed by atoms with E-state index in [1.807, 2.05) is 0 Å². The van der Waals surface area contributed by atoms with E-state index in [0.717, 1.165) is 0 Å². The van der Waals surface area contributed by atoms with Gasteiger partial charge in [0.1, 0.15) is 0 Å². The topological polar surface area (TPSA) is 77.8 Å². The summed E-state index contributed by atoms with van der Waals surface area (Å²) in [5.41, 5.74) is 0. The molecule has 0 atom stereocenters. The fourth-order valence-corrected chi connectivity index (χ4v) is 0.512. The first-order valence-corrected chi connectivity index (χ1v) is 3.44. The molecule has 0 amide bonds. The Balaban J connectivity index is 3.63. The summed E-state index contributed by atoms with van der Waals surface area (Å²) in [6.07, 6.45) is -0.216. The Morgan fingerprint density at radius 1 is 1.50 bits per heavy atom. The van der Waals surface area contributed by atoms with Gasteiger partial charge in [0.05, 0.1) is 18.2 Å². The van der Waals surface area contributed by atoms with E-state index in [4.69, 9.17) is 5.26 Å². The van der Waals surface area contributed by atoms with E-state index in [9.17, 15) is 13.0 Å². The van der Waals surface area contributed by atoms with Crippen molar-refractivity contribution in [1.29, 1.82) is 5.26 Å². The molecule has 4 nitrogen and oxygen atoms in total.